The summed E-state index contributed by atoms with van der Waals surface area (Å²) in [7, 11) is 0. The van der Waals surface area contributed by atoms with Crippen LogP contribution in [0.2, 0.25) is 0 Å². The average molecular weight is 237 g/mol. The van der Waals surface area contributed by atoms with Crippen LogP contribution < -0.4 is 5.32 Å². The van der Waals surface area contributed by atoms with Crippen LogP contribution in [0.1, 0.15) is 16.1 Å². The summed E-state index contributed by atoms with van der Waals surface area (Å²) in [6, 6.07) is 3.46. The number of rotatable bonds is 3. The minimum Gasteiger partial charge on any atom is -0.347 e. The largest absolute Gasteiger partial charge is 0.347 e. The van der Waals surface area contributed by atoms with Gasteiger partial charge in [-0.2, -0.15) is 0 Å². The zero-order valence-electron chi connectivity index (χ0n) is 8.71. The summed E-state index contributed by atoms with van der Waals surface area (Å²) >= 11 is 0. The van der Waals surface area contributed by atoms with Crippen molar-refractivity contribution in [3.8, 4) is 0 Å². The number of H-pyrrole nitrogens is 1. The van der Waals surface area contributed by atoms with Gasteiger partial charge in [0.05, 0.1) is 24.1 Å². The molecule has 88 valence electrons. The van der Waals surface area contributed by atoms with Crippen molar-refractivity contribution in [1.82, 2.24) is 15.3 Å². The molecule has 2 aromatic rings. The molecule has 6 heteroatoms. The van der Waals surface area contributed by atoms with E-state index >= 15 is 0 Å². The molecule has 0 unspecified atom stereocenters. The van der Waals surface area contributed by atoms with Crippen molar-refractivity contribution in [2.45, 2.75) is 6.54 Å². The van der Waals surface area contributed by atoms with Crippen LogP contribution in [0, 0.1) is 11.6 Å². The Morgan fingerprint density at radius 1 is 1.41 bits per heavy atom. The molecule has 0 saturated heterocycles. The number of aromatic nitrogens is 2. The predicted octanol–water partition coefficient (Wildman–Crippen LogP) is 1.62. The molecule has 2 rings (SSSR count). The third-order valence-corrected chi connectivity index (χ3v) is 2.19. The van der Waals surface area contributed by atoms with Crippen LogP contribution in [0.25, 0.3) is 0 Å². The monoisotopic (exact) mass is 237 g/mol. The van der Waals surface area contributed by atoms with Gasteiger partial charge >= 0.3 is 0 Å². The van der Waals surface area contributed by atoms with E-state index in [1.165, 1.54) is 24.7 Å². The minimum absolute atomic E-state index is 0.175. The molecule has 1 amide bonds. The zero-order valence-corrected chi connectivity index (χ0v) is 8.71. The Hall–Kier alpha value is -2.24. The number of benzene rings is 1. The fraction of sp³-hybridized carbons (Fsp3) is 0.0909. The first-order valence-corrected chi connectivity index (χ1v) is 4.88. The molecule has 0 aliphatic carbocycles. The second kappa shape index (κ2) is 4.73. The van der Waals surface area contributed by atoms with Crippen molar-refractivity contribution >= 4 is 5.91 Å². The van der Waals surface area contributed by atoms with E-state index in [0.717, 1.165) is 6.07 Å². The summed E-state index contributed by atoms with van der Waals surface area (Å²) in [5.74, 6) is -2.86. The van der Waals surface area contributed by atoms with Crippen LogP contribution in [-0.4, -0.2) is 15.9 Å². The number of nitrogens with one attached hydrogen (secondary N) is 2. The SMILES string of the molecule is O=C(NCc1cnc[nH]1)c1cccc(F)c1F. The third-order valence-electron chi connectivity index (χ3n) is 2.19. The standard InChI is InChI=1S/C11H9F2N3O/c12-9-3-1-2-8(10(9)13)11(17)15-5-7-4-14-6-16-7/h1-4,6H,5H2,(H,14,16)(H,15,17). The van der Waals surface area contributed by atoms with E-state index in [0.29, 0.717) is 5.69 Å². The molecule has 4 nitrogen and oxygen atoms in total. The highest BCUT2D eigenvalue weighted by Gasteiger charge is 2.14. The van der Waals surface area contributed by atoms with Crippen molar-refractivity contribution in [3.05, 3.63) is 53.6 Å². The molecule has 0 aliphatic heterocycles. The molecule has 0 aliphatic rings. The van der Waals surface area contributed by atoms with Crippen LogP contribution in [0.4, 0.5) is 8.78 Å². The fourth-order valence-corrected chi connectivity index (χ4v) is 1.33. The van der Waals surface area contributed by atoms with E-state index in [1.54, 1.807) is 0 Å². The molecule has 0 radical (unpaired) electrons. The number of imidazole rings is 1. The minimum atomic E-state index is -1.14. The maximum Gasteiger partial charge on any atom is 0.254 e. The number of hydrogen-bond donors (Lipinski definition) is 2. The number of hydrogen-bond acceptors (Lipinski definition) is 2. The van der Waals surface area contributed by atoms with E-state index in [4.69, 9.17) is 0 Å². The van der Waals surface area contributed by atoms with Gasteiger partial charge < -0.3 is 10.3 Å². The lowest BCUT2D eigenvalue weighted by molar-refractivity contribution is 0.0945. The van der Waals surface area contributed by atoms with E-state index in [2.05, 4.69) is 15.3 Å². The molecule has 1 aromatic carbocycles. The van der Waals surface area contributed by atoms with Crippen molar-refractivity contribution < 1.29 is 13.6 Å². The van der Waals surface area contributed by atoms with Crippen molar-refractivity contribution in [2.75, 3.05) is 0 Å². The van der Waals surface area contributed by atoms with E-state index < -0.39 is 17.5 Å². The maximum atomic E-state index is 13.3. The lowest BCUT2D eigenvalue weighted by atomic mass is 10.2. The average Bonchev–Trinajstić information content (AvgIpc) is 2.82. The molecule has 2 N–H and O–H groups in total. The van der Waals surface area contributed by atoms with Crippen LogP contribution in [-0.2, 0) is 6.54 Å². The van der Waals surface area contributed by atoms with Crippen LogP contribution in [0.3, 0.4) is 0 Å². The van der Waals surface area contributed by atoms with Gasteiger partial charge in [0.15, 0.2) is 11.6 Å². The number of nitrogens with zero attached hydrogens (tertiary/aromatic N) is 1. The molecule has 0 spiro atoms. The van der Waals surface area contributed by atoms with Gasteiger partial charge in [-0.3, -0.25) is 4.79 Å². The smallest absolute Gasteiger partial charge is 0.254 e. The highest BCUT2D eigenvalue weighted by Crippen LogP contribution is 2.11. The van der Waals surface area contributed by atoms with E-state index in [1.807, 2.05) is 0 Å². The molecule has 1 aromatic heterocycles. The van der Waals surface area contributed by atoms with Gasteiger partial charge in [0.2, 0.25) is 0 Å². The van der Waals surface area contributed by atoms with E-state index in [-0.39, 0.29) is 12.1 Å². The summed E-state index contributed by atoms with van der Waals surface area (Å²) in [5.41, 5.74) is 0.361. The number of halogens is 2. The Labute approximate surface area is 95.7 Å². The zero-order chi connectivity index (χ0) is 12.3. The Bertz CT molecular complexity index is 526. The predicted molar refractivity (Wildman–Crippen MR) is 56.1 cm³/mol. The molecule has 0 atom stereocenters. The summed E-state index contributed by atoms with van der Waals surface area (Å²) < 4.78 is 26.1. The van der Waals surface area contributed by atoms with Crippen molar-refractivity contribution in [3.63, 3.8) is 0 Å². The highest BCUT2D eigenvalue weighted by atomic mass is 19.2. The Morgan fingerprint density at radius 2 is 2.24 bits per heavy atom. The molecular weight excluding hydrogens is 228 g/mol. The third kappa shape index (κ3) is 2.47. The van der Waals surface area contributed by atoms with Gasteiger partial charge in [-0.15, -0.1) is 0 Å². The Balaban J connectivity index is 2.07. The van der Waals surface area contributed by atoms with Crippen molar-refractivity contribution in [1.29, 1.82) is 0 Å². The summed E-state index contributed by atoms with van der Waals surface area (Å²) in [4.78, 5) is 18.1. The normalized spacial score (nSPS) is 10.2. The molecule has 17 heavy (non-hydrogen) atoms. The van der Waals surface area contributed by atoms with E-state index in [9.17, 15) is 13.6 Å². The van der Waals surface area contributed by atoms with Crippen molar-refractivity contribution in [2.24, 2.45) is 0 Å². The second-order valence-corrected chi connectivity index (χ2v) is 3.36. The number of amides is 1. The molecule has 0 fully saturated rings. The van der Waals surface area contributed by atoms with Crippen LogP contribution >= 0.6 is 0 Å². The quantitative estimate of drug-likeness (QED) is 0.852. The Kier molecular flexibility index (Phi) is 3.13. The summed E-state index contributed by atoms with van der Waals surface area (Å²) in [6.07, 6.45) is 2.99. The fourth-order valence-electron chi connectivity index (χ4n) is 1.33. The maximum absolute atomic E-state index is 13.3. The van der Waals surface area contributed by atoms with Gasteiger partial charge in [-0.05, 0) is 12.1 Å². The molecule has 0 bridgehead atoms. The lowest BCUT2D eigenvalue weighted by Gasteiger charge is -2.05. The second-order valence-electron chi connectivity index (χ2n) is 3.36. The van der Waals surface area contributed by atoms with Gasteiger partial charge in [-0.25, -0.2) is 13.8 Å². The first-order valence-electron chi connectivity index (χ1n) is 4.88. The summed E-state index contributed by atoms with van der Waals surface area (Å²) in [5, 5.41) is 2.45. The highest BCUT2D eigenvalue weighted by molar-refractivity contribution is 5.94. The number of aromatic amines is 1. The van der Waals surface area contributed by atoms with Gasteiger partial charge in [-0.1, -0.05) is 6.07 Å². The Morgan fingerprint density at radius 3 is 2.94 bits per heavy atom. The van der Waals surface area contributed by atoms with Crippen LogP contribution in [0.15, 0.2) is 30.7 Å². The lowest BCUT2D eigenvalue weighted by Crippen LogP contribution is -2.24. The first kappa shape index (κ1) is 11.3. The molecular formula is C11H9F2N3O. The topological polar surface area (TPSA) is 57.8 Å². The first-order chi connectivity index (χ1) is 8.18. The molecule has 1 heterocycles. The number of carbonyl (C=O) groups is 1. The van der Waals surface area contributed by atoms with Gasteiger partial charge in [0, 0.05) is 6.20 Å². The van der Waals surface area contributed by atoms with Gasteiger partial charge in [0.1, 0.15) is 0 Å². The van der Waals surface area contributed by atoms with Crippen LogP contribution in [0.5, 0.6) is 0 Å². The van der Waals surface area contributed by atoms with Gasteiger partial charge in [0.25, 0.3) is 5.91 Å². The molecule has 0 saturated carbocycles. The number of carbonyl (C=O) groups excluding carboxylic acids is 1. The summed E-state index contributed by atoms with van der Waals surface area (Å²) in [6.45, 7) is 0.175.